The van der Waals surface area contributed by atoms with Gasteiger partial charge >= 0.3 is 6.03 Å². The highest BCUT2D eigenvalue weighted by atomic mass is 16.5. The highest BCUT2D eigenvalue weighted by molar-refractivity contribution is 6.26. The summed E-state index contributed by atoms with van der Waals surface area (Å²) in [7, 11) is 1.59. The summed E-state index contributed by atoms with van der Waals surface area (Å²) in [6.45, 7) is 5.35. The molecule has 4 amide bonds. The minimum absolute atomic E-state index is 0.171. The highest BCUT2D eigenvalue weighted by Gasteiger charge is 2.38. The van der Waals surface area contributed by atoms with Crippen molar-refractivity contribution in [3.63, 3.8) is 0 Å². The van der Waals surface area contributed by atoms with Gasteiger partial charge in [0.1, 0.15) is 24.5 Å². The van der Waals surface area contributed by atoms with E-state index < -0.39 is 17.8 Å². The molecule has 0 atom stereocenters. The SMILES string of the molecule is COCCOc1ccc(N2C(=O)CC(=O)N(CCCOc3ccc(C)cc3C)C2=O)cc1. The van der Waals surface area contributed by atoms with Crippen LogP contribution < -0.4 is 14.4 Å². The van der Waals surface area contributed by atoms with E-state index in [9.17, 15) is 14.4 Å². The van der Waals surface area contributed by atoms with Crippen LogP contribution in [0.15, 0.2) is 42.5 Å². The third-order valence-corrected chi connectivity index (χ3v) is 5.04. The number of rotatable bonds is 10. The second-order valence-electron chi connectivity index (χ2n) is 7.54. The van der Waals surface area contributed by atoms with E-state index in [0.717, 1.165) is 26.7 Å². The van der Waals surface area contributed by atoms with Crippen LogP contribution >= 0.6 is 0 Å². The second-order valence-corrected chi connectivity index (χ2v) is 7.54. The van der Waals surface area contributed by atoms with E-state index in [1.807, 2.05) is 32.0 Å². The lowest BCUT2D eigenvalue weighted by molar-refractivity contribution is -0.134. The Kier molecular flexibility index (Phi) is 7.83. The molecular formula is C24H28N2O6. The fourth-order valence-electron chi connectivity index (χ4n) is 3.41. The van der Waals surface area contributed by atoms with Gasteiger partial charge in [-0.15, -0.1) is 0 Å². The smallest absolute Gasteiger partial charge is 0.338 e. The number of aryl methyl sites for hydroxylation is 2. The van der Waals surface area contributed by atoms with Crippen molar-refractivity contribution in [1.29, 1.82) is 0 Å². The molecule has 0 spiro atoms. The molecule has 170 valence electrons. The molecule has 3 rings (SSSR count). The largest absolute Gasteiger partial charge is 0.493 e. The number of hydrogen-bond donors (Lipinski definition) is 0. The van der Waals surface area contributed by atoms with Crippen LogP contribution in [0.3, 0.4) is 0 Å². The molecule has 8 heteroatoms. The van der Waals surface area contributed by atoms with E-state index in [1.54, 1.807) is 31.4 Å². The number of carbonyl (C=O) groups is 3. The Morgan fingerprint density at radius 3 is 2.31 bits per heavy atom. The van der Waals surface area contributed by atoms with Crippen LogP contribution in [0, 0.1) is 13.8 Å². The number of nitrogens with zero attached hydrogens (tertiary/aromatic N) is 2. The topological polar surface area (TPSA) is 85.4 Å². The molecule has 1 saturated heterocycles. The Morgan fingerprint density at radius 2 is 1.62 bits per heavy atom. The number of ether oxygens (including phenoxy) is 3. The van der Waals surface area contributed by atoms with Gasteiger partial charge in [-0.1, -0.05) is 17.7 Å². The fraction of sp³-hybridized carbons (Fsp3) is 0.375. The number of carbonyl (C=O) groups excluding carboxylic acids is 3. The zero-order valence-electron chi connectivity index (χ0n) is 18.6. The summed E-state index contributed by atoms with van der Waals surface area (Å²) in [5.74, 6) is 0.328. The van der Waals surface area contributed by atoms with Crippen LogP contribution in [0.25, 0.3) is 0 Å². The van der Waals surface area contributed by atoms with Crippen molar-refractivity contribution in [2.75, 3.05) is 38.4 Å². The van der Waals surface area contributed by atoms with Crippen molar-refractivity contribution >= 4 is 23.5 Å². The Bertz CT molecular complexity index is 973. The van der Waals surface area contributed by atoms with Crippen LogP contribution in [-0.2, 0) is 14.3 Å². The summed E-state index contributed by atoms with van der Waals surface area (Å²) in [6.07, 6.45) is 0.106. The van der Waals surface area contributed by atoms with Crippen molar-refractivity contribution in [3.05, 3.63) is 53.6 Å². The minimum atomic E-state index is -0.647. The van der Waals surface area contributed by atoms with Crippen molar-refractivity contribution in [2.24, 2.45) is 0 Å². The van der Waals surface area contributed by atoms with Crippen molar-refractivity contribution in [3.8, 4) is 11.5 Å². The summed E-state index contributed by atoms with van der Waals surface area (Å²) in [4.78, 5) is 39.8. The van der Waals surface area contributed by atoms with Crippen molar-refractivity contribution in [1.82, 2.24) is 4.90 Å². The maximum atomic E-state index is 12.9. The van der Waals surface area contributed by atoms with Crippen molar-refractivity contribution in [2.45, 2.75) is 26.7 Å². The molecule has 0 aromatic heterocycles. The molecule has 1 fully saturated rings. The first kappa shape index (κ1) is 23.3. The van der Waals surface area contributed by atoms with Gasteiger partial charge in [0, 0.05) is 13.7 Å². The van der Waals surface area contributed by atoms with E-state index >= 15 is 0 Å². The molecule has 1 aliphatic rings. The van der Waals surface area contributed by atoms with E-state index in [0.29, 0.717) is 37.7 Å². The first-order valence-corrected chi connectivity index (χ1v) is 10.5. The number of imide groups is 2. The fourth-order valence-corrected chi connectivity index (χ4v) is 3.41. The molecule has 0 aliphatic carbocycles. The van der Waals surface area contributed by atoms with Gasteiger partial charge in [0.05, 0.1) is 18.9 Å². The van der Waals surface area contributed by atoms with Gasteiger partial charge in [-0.05, 0) is 56.2 Å². The molecule has 1 heterocycles. The molecule has 0 bridgehead atoms. The monoisotopic (exact) mass is 440 g/mol. The average molecular weight is 440 g/mol. The second kappa shape index (κ2) is 10.8. The lowest BCUT2D eigenvalue weighted by Gasteiger charge is -2.32. The number of amides is 4. The number of barbiturate groups is 1. The van der Waals surface area contributed by atoms with Gasteiger partial charge in [-0.25, -0.2) is 9.69 Å². The molecule has 0 radical (unpaired) electrons. The Hall–Kier alpha value is -3.39. The van der Waals surface area contributed by atoms with Crippen LogP contribution in [0.1, 0.15) is 24.0 Å². The number of methoxy groups -OCH3 is 1. The van der Waals surface area contributed by atoms with E-state index in [1.165, 1.54) is 0 Å². The van der Waals surface area contributed by atoms with Crippen LogP contribution in [-0.4, -0.2) is 56.2 Å². The summed E-state index contributed by atoms with van der Waals surface area (Å²) in [6, 6.07) is 11.8. The molecule has 0 saturated carbocycles. The molecule has 8 nitrogen and oxygen atoms in total. The predicted octanol–water partition coefficient (Wildman–Crippen LogP) is 3.48. The van der Waals surface area contributed by atoms with E-state index in [4.69, 9.17) is 14.2 Å². The molecule has 0 unspecified atom stereocenters. The number of benzene rings is 2. The Morgan fingerprint density at radius 1 is 0.875 bits per heavy atom. The van der Waals surface area contributed by atoms with Crippen LogP contribution in [0.5, 0.6) is 11.5 Å². The lowest BCUT2D eigenvalue weighted by atomic mass is 10.1. The third kappa shape index (κ3) is 5.64. The Balaban J connectivity index is 1.59. The zero-order chi connectivity index (χ0) is 23.1. The predicted molar refractivity (Wildman–Crippen MR) is 119 cm³/mol. The number of urea groups is 1. The first-order valence-electron chi connectivity index (χ1n) is 10.5. The highest BCUT2D eigenvalue weighted by Crippen LogP contribution is 2.25. The molecule has 32 heavy (non-hydrogen) atoms. The van der Waals surface area contributed by atoms with E-state index in [2.05, 4.69) is 0 Å². The van der Waals surface area contributed by atoms with Gasteiger partial charge in [-0.3, -0.25) is 14.5 Å². The van der Waals surface area contributed by atoms with Crippen LogP contribution in [0.2, 0.25) is 0 Å². The van der Waals surface area contributed by atoms with Gasteiger partial charge in [0.2, 0.25) is 11.8 Å². The number of hydrogen-bond acceptors (Lipinski definition) is 6. The summed E-state index contributed by atoms with van der Waals surface area (Å²) in [5.41, 5.74) is 2.57. The average Bonchev–Trinajstić information content (AvgIpc) is 2.75. The van der Waals surface area contributed by atoms with Gasteiger partial charge in [0.25, 0.3) is 0 Å². The van der Waals surface area contributed by atoms with Crippen LogP contribution in [0.4, 0.5) is 10.5 Å². The molecule has 1 aliphatic heterocycles. The molecule has 2 aromatic carbocycles. The normalized spacial score (nSPS) is 14.2. The standard InChI is InChI=1S/C24H28N2O6/c1-17-5-10-21(18(2)15-17)32-12-4-11-25-22(27)16-23(28)26(24(25)29)19-6-8-20(9-7-19)31-14-13-30-3/h5-10,15H,4,11-14,16H2,1-3H3. The molecule has 0 N–H and O–H groups in total. The van der Waals surface area contributed by atoms with Gasteiger partial charge < -0.3 is 14.2 Å². The van der Waals surface area contributed by atoms with Crippen molar-refractivity contribution < 1.29 is 28.6 Å². The number of anilines is 1. The maximum absolute atomic E-state index is 12.9. The zero-order valence-corrected chi connectivity index (χ0v) is 18.6. The summed E-state index contributed by atoms with van der Waals surface area (Å²) >= 11 is 0. The van der Waals surface area contributed by atoms with Gasteiger partial charge in [0.15, 0.2) is 0 Å². The molecule has 2 aromatic rings. The molecular weight excluding hydrogens is 412 g/mol. The summed E-state index contributed by atoms with van der Waals surface area (Å²) in [5, 5.41) is 0. The lowest BCUT2D eigenvalue weighted by Crippen LogP contribution is -2.55. The minimum Gasteiger partial charge on any atom is -0.493 e. The summed E-state index contributed by atoms with van der Waals surface area (Å²) < 4.78 is 16.2. The first-order chi connectivity index (χ1) is 15.4. The Labute approximate surface area is 187 Å². The van der Waals surface area contributed by atoms with Gasteiger partial charge in [-0.2, -0.15) is 0 Å². The third-order valence-electron chi connectivity index (χ3n) is 5.04. The van der Waals surface area contributed by atoms with E-state index in [-0.39, 0.29) is 13.0 Å². The quantitative estimate of drug-likeness (QED) is 0.415. The maximum Gasteiger partial charge on any atom is 0.338 e.